The fourth-order valence-electron chi connectivity index (χ4n) is 3.08. The molecule has 0 bridgehead atoms. The number of hydrogen-bond acceptors (Lipinski definition) is 6. The van der Waals surface area contributed by atoms with Crippen molar-refractivity contribution in [3.63, 3.8) is 0 Å². The Morgan fingerprint density at radius 2 is 2.00 bits per heavy atom. The molecule has 0 radical (unpaired) electrons. The fraction of sp³-hybridized carbons (Fsp3) is 0.222. The average Bonchev–Trinajstić information content (AvgIpc) is 3.31. The topological polar surface area (TPSA) is 51.7 Å². The van der Waals surface area contributed by atoms with E-state index in [-0.39, 0.29) is 23.3 Å². The zero-order chi connectivity index (χ0) is 17.0. The Morgan fingerprint density at radius 3 is 2.88 bits per heavy atom. The molecule has 1 fully saturated rings. The predicted octanol–water partition coefficient (Wildman–Crippen LogP) is 4.19. The van der Waals surface area contributed by atoms with Crippen LogP contribution in [0.15, 0.2) is 42.5 Å². The molecule has 1 saturated heterocycles. The Bertz CT molecular complexity index is 954. The van der Waals surface area contributed by atoms with Gasteiger partial charge in [-0.2, -0.15) is 0 Å². The van der Waals surface area contributed by atoms with E-state index in [1.54, 1.807) is 23.1 Å². The van der Waals surface area contributed by atoms with E-state index < -0.39 is 0 Å². The fourth-order valence-corrected chi connectivity index (χ4v) is 5.39. The van der Waals surface area contributed by atoms with Gasteiger partial charge in [-0.15, -0.1) is 11.8 Å². The number of hydrogen-bond donors (Lipinski definition) is 0. The van der Waals surface area contributed by atoms with Crippen molar-refractivity contribution >= 4 is 44.4 Å². The van der Waals surface area contributed by atoms with Crippen LogP contribution in [0, 0.1) is 0 Å². The molecule has 0 spiro atoms. The highest BCUT2D eigenvalue weighted by Gasteiger charge is 2.41. The van der Waals surface area contributed by atoms with Crippen LogP contribution < -0.4 is 14.4 Å². The summed E-state index contributed by atoms with van der Waals surface area (Å²) >= 11 is 3.18. The minimum absolute atomic E-state index is 0.0896. The number of carbonyl (C=O) groups excluding carboxylic acids is 1. The van der Waals surface area contributed by atoms with Crippen molar-refractivity contribution in [1.82, 2.24) is 4.98 Å². The van der Waals surface area contributed by atoms with Gasteiger partial charge in [0.05, 0.1) is 15.5 Å². The molecule has 0 unspecified atom stereocenters. The number of amides is 1. The van der Waals surface area contributed by atoms with Crippen molar-refractivity contribution in [2.45, 2.75) is 17.5 Å². The second-order valence-electron chi connectivity index (χ2n) is 5.92. The lowest BCUT2D eigenvalue weighted by atomic mass is 10.2. The Kier molecular flexibility index (Phi) is 3.39. The molecule has 2 aliphatic rings. The highest BCUT2D eigenvalue weighted by atomic mass is 32.2. The normalized spacial score (nSPS) is 22.1. The van der Waals surface area contributed by atoms with Crippen molar-refractivity contribution in [2.24, 2.45) is 0 Å². The third kappa shape index (κ3) is 2.38. The van der Waals surface area contributed by atoms with Crippen LogP contribution in [0.5, 0.6) is 11.5 Å². The van der Waals surface area contributed by atoms with Gasteiger partial charge in [-0.3, -0.25) is 9.69 Å². The van der Waals surface area contributed by atoms with Crippen LogP contribution in [-0.2, 0) is 4.79 Å². The van der Waals surface area contributed by atoms with Crippen LogP contribution in [0.4, 0.5) is 5.13 Å². The zero-order valence-corrected chi connectivity index (χ0v) is 15.0. The minimum atomic E-state index is -0.113. The lowest BCUT2D eigenvalue weighted by Gasteiger charge is -2.21. The van der Waals surface area contributed by atoms with E-state index in [0.29, 0.717) is 0 Å². The molecule has 0 aliphatic carbocycles. The summed E-state index contributed by atoms with van der Waals surface area (Å²) in [5.74, 6) is 1.57. The summed E-state index contributed by atoms with van der Waals surface area (Å²) < 4.78 is 12.0. The summed E-state index contributed by atoms with van der Waals surface area (Å²) in [4.78, 5) is 19.3. The number of para-hydroxylation sites is 1. The summed E-state index contributed by atoms with van der Waals surface area (Å²) in [5, 5.41) is 0.519. The van der Waals surface area contributed by atoms with Gasteiger partial charge in [0, 0.05) is 0 Å². The average molecular weight is 370 g/mol. The maximum absolute atomic E-state index is 12.8. The number of anilines is 1. The van der Waals surface area contributed by atoms with E-state index in [1.165, 1.54) is 0 Å². The van der Waals surface area contributed by atoms with Gasteiger partial charge in [0.2, 0.25) is 12.7 Å². The summed E-state index contributed by atoms with van der Waals surface area (Å²) in [6.45, 7) is 2.19. The first-order valence-corrected chi connectivity index (χ1v) is 9.70. The van der Waals surface area contributed by atoms with Gasteiger partial charge in [-0.25, -0.2) is 4.98 Å². The maximum atomic E-state index is 12.8. The Morgan fingerprint density at radius 1 is 1.16 bits per heavy atom. The Hall–Kier alpha value is -2.25. The van der Waals surface area contributed by atoms with Crippen LogP contribution >= 0.6 is 23.1 Å². The van der Waals surface area contributed by atoms with E-state index in [1.807, 2.05) is 54.3 Å². The smallest absolute Gasteiger partial charge is 0.242 e. The lowest BCUT2D eigenvalue weighted by Crippen LogP contribution is -2.29. The SMILES string of the molecule is C[C@@H]1S[C@@H](c2ccc3c(c2)OCO3)N(c2nc3ccccc3s2)C1=O. The number of thioether (sulfide) groups is 1. The molecule has 0 saturated carbocycles. The summed E-state index contributed by atoms with van der Waals surface area (Å²) in [5.41, 5.74) is 1.94. The van der Waals surface area contributed by atoms with Crippen molar-refractivity contribution in [3.05, 3.63) is 48.0 Å². The molecule has 126 valence electrons. The second-order valence-corrected chi connectivity index (χ2v) is 8.35. The van der Waals surface area contributed by atoms with Crippen LogP contribution in [0.1, 0.15) is 17.9 Å². The van der Waals surface area contributed by atoms with Gasteiger partial charge in [0.1, 0.15) is 5.37 Å². The number of thiazole rings is 1. The molecule has 3 heterocycles. The van der Waals surface area contributed by atoms with Gasteiger partial charge >= 0.3 is 0 Å². The zero-order valence-electron chi connectivity index (χ0n) is 13.3. The molecular weight excluding hydrogens is 356 g/mol. The first-order valence-electron chi connectivity index (χ1n) is 7.94. The van der Waals surface area contributed by atoms with Gasteiger partial charge in [-0.1, -0.05) is 29.5 Å². The molecule has 5 nitrogen and oxygen atoms in total. The lowest BCUT2D eigenvalue weighted by molar-refractivity contribution is -0.117. The molecule has 7 heteroatoms. The first-order chi connectivity index (χ1) is 12.2. The number of rotatable bonds is 2. The van der Waals surface area contributed by atoms with Crippen LogP contribution in [0.25, 0.3) is 10.2 Å². The van der Waals surface area contributed by atoms with Crippen molar-refractivity contribution in [1.29, 1.82) is 0 Å². The molecule has 5 rings (SSSR count). The van der Waals surface area contributed by atoms with E-state index in [0.717, 1.165) is 32.4 Å². The van der Waals surface area contributed by atoms with E-state index in [2.05, 4.69) is 4.98 Å². The van der Waals surface area contributed by atoms with E-state index >= 15 is 0 Å². The largest absolute Gasteiger partial charge is 0.454 e. The molecule has 0 N–H and O–H groups in total. The van der Waals surface area contributed by atoms with Crippen LogP contribution in [-0.4, -0.2) is 22.9 Å². The number of nitrogens with zero attached hydrogens (tertiary/aromatic N) is 2. The molecule has 1 amide bonds. The monoisotopic (exact) mass is 370 g/mol. The molecular formula is C18H14N2O3S2. The van der Waals surface area contributed by atoms with Crippen molar-refractivity contribution in [2.75, 3.05) is 11.7 Å². The third-order valence-electron chi connectivity index (χ3n) is 4.32. The van der Waals surface area contributed by atoms with Crippen LogP contribution in [0.3, 0.4) is 0 Å². The molecule has 2 aliphatic heterocycles. The minimum Gasteiger partial charge on any atom is -0.454 e. The maximum Gasteiger partial charge on any atom is 0.242 e. The Balaban J connectivity index is 1.59. The van der Waals surface area contributed by atoms with Gasteiger partial charge in [0.25, 0.3) is 0 Å². The quantitative estimate of drug-likeness (QED) is 0.677. The van der Waals surface area contributed by atoms with E-state index in [9.17, 15) is 4.79 Å². The number of aromatic nitrogens is 1. The van der Waals surface area contributed by atoms with Crippen molar-refractivity contribution in [3.8, 4) is 11.5 Å². The first kappa shape index (κ1) is 15.0. The number of benzene rings is 2. The number of carbonyl (C=O) groups is 1. The van der Waals surface area contributed by atoms with Crippen molar-refractivity contribution < 1.29 is 14.3 Å². The summed E-state index contributed by atoms with van der Waals surface area (Å²) in [7, 11) is 0. The second kappa shape index (κ2) is 5.64. The predicted molar refractivity (Wildman–Crippen MR) is 99.5 cm³/mol. The highest BCUT2D eigenvalue weighted by molar-refractivity contribution is 8.01. The number of ether oxygens (including phenoxy) is 2. The number of fused-ring (bicyclic) bond motifs is 2. The molecule has 2 atom stereocenters. The van der Waals surface area contributed by atoms with Gasteiger partial charge in [0.15, 0.2) is 16.6 Å². The third-order valence-corrected chi connectivity index (χ3v) is 6.71. The Labute approximate surface area is 152 Å². The standard InChI is InChI=1S/C18H14N2O3S2/c1-10-16(21)20(18-19-12-4-2-3-5-15(12)25-18)17(24-10)11-6-7-13-14(8-11)23-9-22-13/h2-8,10,17H,9H2,1H3/t10-,17-/m0/s1. The van der Waals surface area contributed by atoms with Crippen LogP contribution in [0.2, 0.25) is 0 Å². The summed E-state index contributed by atoms with van der Waals surface area (Å²) in [6, 6.07) is 13.8. The molecule has 2 aromatic carbocycles. The highest BCUT2D eigenvalue weighted by Crippen LogP contribution is 2.48. The van der Waals surface area contributed by atoms with E-state index in [4.69, 9.17) is 9.47 Å². The molecule has 25 heavy (non-hydrogen) atoms. The van der Waals surface area contributed by atoms with Gasteiger partial charge in [-0.05, 0) is 36.8 Å². The summed E-state index contributed by atoms with van der Waals surface area (Å²) in [6.07, 6.45) is 0. The van der Waals surface area contributed by atoms with Gasteiger partial charge < -0.3 is 9.47 Å². The molecule has 1 aromatic heterocycles. The molecule has 3 aromatic rings.